The first-order valence-electron chi connectivity index (χ1n) is 3.53. The minimum Gasteiger partial charge on any atom is -0.273 e. The molecular formula is C7H7ClFNO3S. The summed E-state index contributed by atoms with van der Waals surface area (Å²) < 4.78 is 38.9. The largest absolute Gasteiger partial charge is 0.273 e. The molecule has 0 bridgehead atoms. The maximum atomic E-state index is 12.7. The van der Waals surface area contributed by atoms with Crippen molar-refractivity contribution < 1.29 is 17.0 Å². The molecule has 0 radical (unpaired) electrons. The van der Waals surface area contributed by atoms with Crippen LogP contribution in [0, 0.1) is 5.82 Å². The molecule has 0 aliphatic carbocycles. The molecule has 1 aromatic heterocycles. The summed E-state index contributed by atoms with van der Waals surface area (Å²) in [6.07, 6.45) is 0.908. The van der Waals surface area contributed by atoms with Crippen LogP contribution in [0.4, 0.5) is 4.39 Å². The van der Waals surface area contributed by atoms with Crippen LogP contribution in [0.25, 0.3) is 0 Å². The third-order valence-electron chi connectivity index (χ3n) is 1.46. The minimum atomic E-state index is -3.70. The van der Waals surface area contributed by atoms with Gasteiger partial charge in [-0.2, -0.15) is 8.42 Å². The molecule has 0 spiro atoms. The van der Waals surface area contributed by atoms with E-state index in [1.807, 2.05) is 0 Å². The van der Waals surface area contributed by atoms with Crippen molar-refractivity contribution in [2.45, 2.75) is 5.75 Å². The van der Waals surface area contributed by atoms with Gasteiger partial charge in [0, 0.05) is 5.56 Å². The molecule has 0 unspecified atom stereocenters. The fraction of sp³-hybridized carbons (Fsp3) is 0.286. The van der Waals surface area contributed by atoms with Crippen LogP contribution in [0.2, 0.25) is 5.15 Å². The van der Waals surface area contributed by atoms with Crippen LogP contribution in [-0.2, 0) is 20.1 Å². The van der Waals surface area contributed by atoms with Gasteiger partial charge in [0.05, 0.1) is 13.3 Å². The number of nitrogens with zero attached hydrogens (tertiary/aromatic N) is 1. The van der Waals surface area contributed by atoms with Crippen LogP contribution in [0.1, 0.15) is 5.56 Å². The van der Waals surface area contributed by atoms with Gasteiger partial charge in [0.2, 0.25) is 0 Å². The van der Waals surface area contributed by atoms with Gasteiger partial charge in [-0.1, -0.05) is 11.6 Å². The fourth-order valence-corrected chi connectivity index (χ4v) is 1.78. The smallest absolute Gasteiger partial charge is 0.271 e. The summed E-state index contributed by atoms with van der Waals surface area (Å²) in [6, 6.07) is 1.01. The third-order valence-corrected chi connectivity index (χ3v) is 2.98. The predicted octanol–water partition coefficient (Wildman–Crippen LogP) is 1.35. The van der Waals surface area contributed by atoms with E-state index in [0.717, 1.165) is 19.4 Å². The Morgan fingerprint density at radius 2 is 2.29 bits per heavy atom. The number of aromatic nitrogens is 1. The molecule has 1 aromatic rings. The number of rotatable bonds is 3. The SMILES string of the molecule is COS(=O)(=O)Cc1cc(F)cnc1Cl. The van der Waals surface area contributed by atoms with Gasteiger partial charge >= 0.3 is 0 Å². The highest BCUT2D eigenvalue weighted by molar-refractivity contribution is 7.85. The van der Waals surface area contributed by atoms with Crippen molar-refractivity contribution in [2.24, 2.45) is 0 Å². The Morgan fingerprint density at radius 1 is 1.64 bits per heavy atom. The number of halogens is 2. The lowest BCUT2D eigenvalue weighted by atomic mass is 10.3. The van der Waals surface area contributed by atoms with Crippen molar-refractivity contribution in [3.05, 3.63) is 28.8 Å². The highest BCUT2D eigenvalue weighted by Crippen LogP contribution is 2.16. The first-order chi connectivity index (χ1) is 6.44. The Morgan fingerprint density at radius 3 is 2.86 bits per heavy atom. The second kappa shape index (κ2) is 4.20. The molecule has 78 valence electrons. The summed E-state index contributed by atoms with van der Waals surface area (Å²) in [5.74, 6) is -1.14. The van der Waals surface area contributed by atoms with Crippen molar-refractivity contribution in [1.82, 2.24) is 4.98 Å². The summed E-state index contributed by atoms with van der Waals surface area (Å²) in [6.45, 7) is 0. The van der Waals surface area contributed by atoms with E-state index >= 15 is 0 Å². The van der Waals surface area contributed by atoms with Crippen molar-refractivity contribution in [2.75, 3.05) is 7.11 Å². The zero-order valence-electron chi connectivity index (χ0n) is 7.20. The van der Waals surface area contributed by atoms with Crippen molar-refractivity contribution in [3.8, 4) is 0 Å². The van der Waals surface area contributed by atoms with Gasteiger partial charge in [-0.25, -0.2) is 9.37 Å². The van der Waals surface area contributed by atoms with Crippen LogP contribution in [-0.4, -0.2) is 20.5 Å². The molecule has 1 rings (SSSR count). The minimum absolute atomic E-state index is 0.0491. The van der Waals surface area contributed by atoms with Crippen LogP contribution in [0.3, 0.4) is 0 Å². The van der Waals surface area contributed by atoms with E-state index < -0.39 is 21.7 Å². The quantitative estimate of drug-likeness (QED) is 0.590. The number of hydrogen-bond donors (Lipinski definition) is 0. The highest BCUT2D eigenvalue weighted by Gasteiger charge is 2.14. The molecule has 0 saturated heterocycles. The molecule has 0 N–H and O–H groups in total. The molecule has 0 aliphatic rings. The second-order valence-electron chi connectivity index (χ2n) is 2.47. The third kappa shape index (κ3) is 2.90. The van der Waals surface area contributed by atoms with E-state index in [0.29, 0.717) is 0 Å². The van der Waals surface area contributed by atoms with Crippen LogP contribution in [0.5, 0.6) is 0 Å². The van der Waals surface area contributed by atoms with Gasteiger partial charge in [0.1, 0.15) is 16.7 Å². The molecule has 1 heterocycles. The monoisotopic (exact) mass is 239 g/mol. The van der Waals surface area contributed by atoms with Gasteiger partial charge in [0.25, 0.3) is 10.1 Å². The van der Waals surface area contributed by atoms with Gasteiger partial charge in [0.15, 0.2) is 0 Å². The molecule has 0 amide bonds. The maximum absolute atomic E-state index is 12.7. The molecule has 0 aliphatic heterocycles. The summed E-state index contributed by atoms with van der Waals surface area (Å²) in [4.78, 5) is 3.47. The van der Waals surface area contributed by atoms with E-state index in [4.69, 9.17) is 11.6 Å². The number of pyridine rings is 1. The Balaban J connectivity index is 3.03. The zero-order chi connectivity index (χ0) is 10.8. The molecule has 0 aromatic carbocycles. The summed E-state index contributed by atoms with van der Waals surface area (Å²) in [7, 11) is -2.68. The maximum Gasteiger partial charge on any atom is 0.271 e. The summed E-state index contributed by atoms with van der Waals surface area (Å²) >= 11 is 5.56. The van der Waals surface area contributed by atoms with E-state index in [-0.39, 0.29) is 10.7 Å². The molecule has 14 heavy (non-hydrogen) atoms. The van der Waals surface area contributed by atoms with Crippen molar-refractivity contribution in [1.29, 1.82) is 0 Å². The molecule has 4 nitrogen and oxygen atoms in total. The van der Waals surface area contributed by atoms with Crippen LogP contribution in [0.15, 0.2) is 12.3 Å². The molecule has 0 atom stereocenters. The van der Waals surface area contributed by atoms with Gasteiger partial charge in [-0.3, -0.25) is 4.18 Å². The number of hydrogen-bond acceptors (Lipinski definition) is 4. The zero-order valence-corrected chi connectivity index (χ0v) is 8.77. The van der Waals surface area contributed by atoms with Crippen molar-refractivity contribution >= 4 is 21.7 Å². The lowest BCUT2D eigenvalue weighted by Gasteiger charge is -2.03. The Bertz CT molecular complexity index is 435. The van der Waals surface area contributed by atoms with Crippen LogP contribution < -0.4 is 0 Å². The Kier molecular flexibility index (Phi) is 3.41. The first kappa shape index (κ1) is 11.4. The van der Waals surface area contributed by atoms with E-state index in [1.165, 1.54) is 0 Å². The van der Waals surface area contributed by atoms with Gasteiger partial charge in [-0.05, 0) is 6.07 Å². The van der Waals surface area contributed by atoms with Gasteiger partial charge in [-0.15, -0.1) is 0 Å². The fourth-order valence-electron chi connectivity index (χ4n) is 0.815. The highest BCUT2D eigenvalue weighted by atomic mass is 35.5. The lowest BCUT2D eigenvalue weighted by molar-refractivity contribution is 0.397. The first-order valence-corrected chi connectivity index (χ1v) is 5.48. The summed E-state index contributed by atoms with van der Waals surface area (Å²) in [5, 5.41) is -0.0491. The lowest BCUT2D eigenvalue weighted by Crippen LogP contribution is -2.07. The average Bonchev–Trinajstić information content (AvgIpc) is 2.11. The van der Waals surface area contributed by atoms with E-state index in [9.17, 15) is 12.8 Å². The molecular weight excluding hydrogens is 233 g/mol. The topological polar surface area (TPSA) is 56.3 Å². The average molecular weight is 240 g/mol. The van der Waals surface area contributed by atoms with Gasteiger partial charge < -0.3 is 0 Å². The normalized spacial score (nSPS) is 11.6. The predicted molar refractivity (Wildman–Crippen MR) is 48.8 cm³/mol. The van der Waals surface area contributed by atoms with E-state index in [2.05, 4.69) is 9.17 Å². The summed E-state index contributed by atoms with van der Waals surface area (Å²) in [5.41, 5.74) is 0.0773. The molecule has 7 heteroatoms. The second-order valence-corrected chi connectivity index (χ2v) is 4.57. The van der Waals surface area contributed by atoms with Crippen LogP contribution >= 0.6 is 11.6 Å². The van der Waals surface area contributed by atoms with Crippen molar-refractivity contribution in [3.63, 3.8) is 0 Å². The standard InChI is InChI=1S/C7H7ClFNO3S/c1-13-14(11,12)4-5-2-6(9)3-10-7(5)8/h2-3H,4H2,1H3. The molecule has 0 fully saturated rings. The Hall–Kier alpha value is -0.720. The molecule has 0 saturated carbocycles. The van der Waals surface area contributed by atoms with E-state index in [1.54, 1.807) is 0 Å². The Labute approximate surface area is 85.8 Å².